The molecule has 3 rings (SSSR count). The SMILES string of the molecule is CCCCCCCCOc1ccc2c(=O)c3ccc(O)cc3oc2c1. The van der Waals surface area contributed by atoms with Crippen LogP contribution in [0.2, 0.25) is 0 Å². The third-order valence-electron chi connectivity index (χ3n) is 4.39. The fourth-order valence-corrected chi connectivity index (χ4v) is 2.98. The maximum absolute atomic E-state index is 12.5. The molecule has 0 bridgehead atoms. The quantitative estimate of drug-likeness (QED) is 0.441. The van der Waals surface area contributed by atoms with E-state index >= 15 is 0 Å². The molecule has 1 N–H and O–H groups in total. The molecular formula is C21H24O4. The smallest absolute Gasteiger partial charge is 0.200 e. The fourth-order valence-electron chi connectivity index (χ4n) is 2.98. The van der Waals surface area contributed by atoms with E-state index in [2.05, 4.69) is 6.92 Å². The molecule has 0 radical (unpaired) electrons. The highest BCUT2D eigenvalue weighted by Gasteiger charge is 2.09. The number of rotatable bonds is 8. The third kappa shape index (κ3) is 4.13. The van der Waals surface area contributed by atoms with Gasteiger partial charge in [0.05, 0.1) is 17.4 Å². The van der Waals surface area contributed by atoms with Gasteiger partial charge in [-0.1, -0.05) is 39.0 Å². The van der Waals surface area contributed by atoms with E-state index in [4.69, 9.17) is 9.15 Å². The normalized spacial score (nSPS) is 11.2. The highest BCUT2D eigenvalue weighted by Crippen LogP contribution is 2.25. The topological polar surface area (TPSA) is 59.7 Å². The second kappa shape index (κ2) is 8.06. The van der Waals surface area contributed by atoms with E-state index in [1.165, 1.54) is 44.2 Å². The summed E-state index contributed by atoms with van der Waals surface area (Å²) >= 11 is 0. The minimum atomic E-state index is -0.0984. The molecule has 0 fully saturated rings. The highest BCUT2D eigenvalue weighted by atomic mass is 16.5. The lowest BCUT2D eigenvalue weighted by molar-refractivity contribution is 0.304. The Balaban J connectivity index is 1.71. The van der Waals surface area contributed by atoms with Gasteiger partial charge in [0.15, 0.2) is 0 Å². The molecule has 1 aromatic heterocycles. The Labute approximate surface area is 147 Å². The Hall–Kier alpha value is -2.49. The van der Waals surface area contributed by atoms with Crippen molar-refractivity contribution < 1.29 is 14.3 Å². The van der Waals surface area contributed by atoms with Crippen LogP contribution in [0, 0.1) is 0 Å². The van der Waals surface area contributed by atoms with Crippen molar-refractivity contribution in [1.82, 2.24) is 0 Å². The van der Waals surface area contributed by atoms with Crippen LogP contribution < -0.4 is 10.2 Å². The predicted octanol–water partition coefficient (Wildman–Crippen LogP) is 5.39. The molecule has 0 spiro atoms. The minimum Gasteiger partial charge on any atom is -0.508 e. The Morgan fingerprint density at radius 1 is 0.920 bits per heavy atom. The first-order valence-corrected chi connectivity index (χ1v) is 9.01. The molecule has 3 aromatic rings. The molecule has 0 unspecified atom stereocenters. The van der Waals surface area contributed by atoms with Gasteiger partial charge in [-0.3, -0.25) is 4.79 Å². The van der Waals surface area contributed by atoms with Crippen molar-refractivity contribution in [3.63, 3.8) is 0 Å². The molecule has 0 saturated heterocycles. The average molecular weight is 340 g/mol. The lowest BCUT2D eigenvalue weighted by Crippen LogP contribution is -2.03. The summed E-state index contributed by atoms with van der Waals surface area (Å²) in [6.45, 7) is 2.88. The summed E-state index contributed by atoms with van der Waals surface area (Å²) in [7, 11) is 0. The molecule has 0 aliphatic carbocycles. The molecule has 0 saturated carbocycles. The van der Waals surface area contributed by atoms with Crippen molar-refractivity contribution in [2.45, 2.75) is 45.4 Å². The van der Waals surface area contributed by atoms with E-state index in [0.29, 0.717) is 34.3 Å². The van der Waals surface area contributed by atoms with Gasteiger partial charge in [0.25, 0.3) is 0 Å². The molecule has 0 aliphatic rings. The summed E-state index contributed by atoms with van der Waals surface area (Å²) in [5, 5.41) is 10.6. The van der Waals surface area contributed by atoms with E-state index in [1.807, 2.05) is 6.07 Å². The van der Waals surface area contributed by atoms with Crippen molar-refractivity contribution in [2.24, 2.45) is 0 Å². The van der Waals surface area contributed by atoms with Crippen molar-refractivity contribution >= 4 is 21.9 Å². The molecule has 2 aromatic carbocycles. The van der Waals surface area contributed by atoms with Crippen LogP contribution in [0.5, 0.6) is 11.5 Å². The van der Waals surface area contributed by atoms with E-state index in [1.54, 1.807) is 18.2 Å². The van der Waals surface area contributed by atoms with Crippen LogP contribution in [0.25, 0.3) is 21.9 Å². The number of aromatic hydroxyl groups is 1. The molecule has 0 amide bonds. The molecule has 0 aliphatic heterocycles. The van der Waals surface area contributed by atoms with Gasteiger partial charge < -0.3 is 14.3 Å². The van der Waals surface area contributed by atoms with Crippen LogP contribution in [-0.2, 0) is 0 Å². The third-order valence-corrected chi connectivity index (χ3v) is 4.39. The molecule has 132 valence electrons. The average Bonchev–Trinajstić information content (AvgIpc) is 2.60. The zero-order valence-corrected chi connectivity index (χ0v) is 14.6. The molecule has 1 heterocycles. The van der Waals surface area contributed by atoms with Gasteiger partial charge in [-0.05, 0) is 30.7 Å². The monoisotopic (exact) mass is 340 g/mol. The fraction of sp³-hybridized carbons (Fsp3) is 0.381. The zero-order chi connectivity index (χ0) is 17.6. The first-order valence-electron chi connectivity index (χ1n) is 9.01. The molecular weight excluding hydrogens is 316 g/mol. The van der Waals surface area contributed by atoms with Crippen LogP contribution >= 0.6 is 0 Å². The maximum atomic E-state index is 12.5. The van der Waals surface area contributed by atoms with Gasteiger partial charge in [0, 0.05) is 12.1 Å². The van der Waals surface area contributed by atoms with E-state index in [9.17, 15) is 9.90 Å². The molecule has 0 atom stereocenters. The summed E-state index contributed by atoms with van der Waals surface area (Å²) in [5.41, 5.74) is 0.757. The Bertz CT molecular complexity index is 911. The molecule has 4 nitrogen and oxygen atoms in total. The lowest BCUT2D eigenvalue weighted by Gasteiger charge is -2.07. The number of fused-ring (bicyclic) bond motifs is 2. The molecule has 25 heavy (non-hydrogen) atoms. The largest absolute Gasteiger partial charge is 0.508 e. The summed E-state index contributed by atoms with van der Waals surface area (Å²) in [6, 6.07) is 9.83. The van der Waals surface area contributed by atoms with Gasteiger partial charge in [0.1, 0.15) is 22.7 Å². The van der Waals surface area contributed by atoms with Gasteiger partial charge in [-0.25, -0.2) is 0 Å². The lowest BCUT2D eigenvalue weighted by atomic mass is 10.1. The number of phenolic OH excluding ortho intramolecular Hbond substituents is 1. The van der Waals surface area contributed by atoms with Crippen LogP contribution in [0.3, 0.4) is 0 Å². The molecule has 4 heteroatoms. The summed E-state index contributed by atoms with van der Waals surface area (Å²) < 4.78 is 11.6. The van der Waals surface area contributed by atoms with Crippen molar-refractivity contribution in [1.29, 1.82) is 0 Å². The van der Waals surface area contributed by atoms with Gasteiger partial charge in [0.2, 0.25) is 5.43 Å². The minimum absolute atomic E-state index is 0.0745. The Morgan fingerprint density at radius 3 is 2.40 bits per heavy atom. The van der Waals surface area contributed by atoms with Gasteiger partial charge in [-0.2, -0.15) is 0 Å². The first kappa shape index (κ1) is 17.3. The van der Waals surface area contributed by atoms with Crippen LogP contribution in [0.1, 0.15) is 45.4 Å². The number of unbranched alkanes of at least 4 members (excludes halogenated alkanes) is 5. The highest BCUT2D eigenvalue weighted by molar-refractivity contribution is 5.90. The Morgan fingerprint density at radius 2 is 1.60 bits per heavy atom. The zero-order valence-electron chi connectivity index (χ0n) is 14.6. The predicted molar refractivity (Wildman–Crippen MR) is 101 cm³/mol. The second-order valence-electron chi connectivity index (χ2n) is 6.39. The number of hydrogen-bond donors (Lipinski definition) is 1. The maximum Gasteiger partial charge on any atom is 0.200 e. The van der Waals surface area contributed by atoms with Crippen LogP contribution in [0.4, 0.5) is 0 Å². The van der Waals surface area contributed by atoms with E-state index in [0.717, 1.165) is 6.42 Å². The number of ether oxygens (including phenoxy) is 1. The number of benzene rings is 2. The van der Waals surface area contributed by atoms with Crippen molar-refractivity contribution in [2.75, 3.05) is 6.61 Å². The van der Waals surface area contributed by atoms with E-state index in [-0.39, 0.29) is 11.2 Å². The number of phenols is 1. The second-order valence-corrected chi connectivity index (χ2v) is 6.39. The van der Waals surface area contributed by atoms with Crippen LogP contribution in [0.15, 0.2) is 45.6 Å². The van der Waals surface area contributed by atoms with E-state index < -0.39 is 0 Å². The summed E-state index contributed by atoms with van der Waals surface area (Å²) in [6.07, 6.45) is 7.29. The first-order chi connectivity index (χ1) is 12.2. The summed E-state index contributed by atoms with van der Waals surface area (Å²) in [4.78, 5) is 12.5. The standard InChI is InChI=1S/C21H24O4/c1-2-3-4-5-6-7-12-24-16-9-11-18-20(14-16)25-19-13-15(22)8-10-17(19)21(18)23/h8-11,13-14,22H,2-7,12H2,1H3. The van der Waals surface area contributed by atoms with Crippen molar-refractivity contribution in [3.05, 3.63) is 46.6 Å². The summed E-state index contributed by atoms with van der Waals surface area (Å²) in [5.74, 6) is 0.772. The van der Waals surface area contributed by atoms with Gasteiger partial charge >= 0.3 is 0 Å². The number of hydrogen-bond acceptors (Lipinski definition) is 4. The van der Waals surface area contributed by atoms with Crippen LogP contribution in [-0.4, -0.2) is 11.7 Å². The van der Waals surface area contributed by atoms with Crippen molar-refractivity contribution in [3.8, 4) is 11.5 Å². The van der Waals surface area contributed by atoms with Gasteiger partial charge in [-0.15, -0.1) is 0 Å². The Kier molecular flexibility index (Phi) is 5.59.